The Kier molecular flexibility index (Phi) is 10.0. The first-order chi connectivity index (χ1) is 7.60. The van der Waals surface area contributed by atoms with E-state index in [1.807, 2.05) is 0 Å². The summed E-state index contributed by atoms with van der Waals surface area (Å²) in [6.07, 6.45) is 5.41. The van der Waals surface area contributed by atoms with E-state index in [0.717, 1.165) is 12.5 Å². The summed E-state index contributed by atoms with van der Waals surface area (Å²) in [5, 5.41) is 3.47. The van der Waals surface area contributed by atoms with E-state index in [2.05, 4.69) is 45.0 Å². The maximum absolute atomic E-state index is 3.47. The molecule has 0 amide bonds. The molecule has 0 radical (unpaired) electrons. The molecule has 0 aromatic rings. The summed E-state index contributed by atoms with van der Waals surface area (Å²) in [7, 11) is 2.25. The number of hydrogen-bond acceptors (Lipinski definition) is 2. The van der Waals surface area contributed by atoms with Crippen LogP contribution in [0.25, 0.3) is 0 Å². The first kappa shape index (κ1) is 15.9. The van der Waals surface area contributed by atoms with Crippen LogP contribution in [0.5, 0.6) is 0 Å². The van der Waals surface area contributed by atoms with E-state index in [0.29, 0.717) is 6.04 Å². The third-order valence-corrected chi connectivity index (χ3v) is 3.01. The fourth-order valence-electron chi connectivity index (χ4n) is 2.22. The van der Waals surface area contributed by atoms with Crippen LogP contribution in [-0.4, -0.2) is 37.6 Å². The molecule has 0 rings (SSSR count). The second-order valence-corrected chi connectivity index (χ2v) is 5.31. The Bertz CT molecular complexity index is 140. The van der Waals surface area contributed by atoms with E-state index < -0.39 is 0 Å². The molecular formula is C14H32N2. The van der Waals surface area contributed by atoms with Crippen LogP contribution in [0, 0.1) is 5.92 Å². The van der Waals surface area contributed by atoms with Crippen molar-refractivity contribution < 1.29 is 0 Å². The fraction of sp³-hybridized carbons (Fsp3) is 1.00. The minimum absolute atomic E-state index is 0.607. The summed E-state index contributed by atoms with van der Waals surface area (Å²) >= 11 is 0. The highest BCUT2D eigenvalue weighted by Gasteiger charge is 2.09. The molecule has 0 spiro atoms. The quantitative estimate of drug-likeness (QED) is 0.618. The molecule has 0 aromatic carbocycles. The van der Waals surface area contributed by atoms with E-state index in [4.69, 9.17) is 0 Å². The normalized spacial score (nSPS) is 12.0. The fourth-order valence-corrected chi connectivity index (χ4v) is 2.22. The van der Waals surface area contributed by atoms with Crippen molar-refractivity contribution in [3.05, 3.63) is 0 Å². The molecule has 0 aliphatic heterocycles. The lowest BCUT2D eigenvalue weighted by molar-refractivity contribution is 0.254. The lowest BCUT2D eigenvalue weighted by atomic mass is 9.98. The monoisotopic (exact) mass is 228 g/mol. The van der Waals surface area contributed by atoms with Gasteiger partial charge in [0.1, 0.15) is 0 Å². The Hall–Kier alpha value is -0.0800. The average Bonchev–Trinajstić information content (AvgIpc) is 2.17. The molecular weight excluding hydrogens is 196 g/mol. The molecule has 0 fully saturated rings. The lowest BCUT2D eigenvalue weighted by Gasteiger charge is -2.24. The summed E-state index contributed by atoms with van der Waals surface area (Å²) in [6.45, 7) is 12.5. The predicted molar refractivity (Wildman–Crippen MR) is 73.9 cm³/mol. The number of nitrogens with one attached hydrogen (secondary N) is 1. The minimum Gasteiger partial charge on any atom is -0.313 e. The zero-order chi connectivity index (χ0) is 12.4. The Labute approximate surface area is 103 Å². The molecule has 0 aliphatic carbocycles. The molecule has 0 aromatic heterocycles. The van der Waals surface area contributed by atoms with Crippen LogP contribution in [0.1, 0.15) is 53.4 Å². The maximum atomic E-state index is 3.47. The molecule has 16 heavy (non-hydrogen) atoms. The number of likely N-dealkylation sites (N-methyl/N-ethyl adjacent to an activating group) is 1. The standard InChI is InChI=1S/C14H32N2/c1-6-8-14(9-7-2)12-16(5)11-10-15-13(3)4/h13-15H,6-12H2,1-5H3. The number of rotatable bonds is 10. The van der Waals surface area contributed by atoms with Crippen LogP contribution in [-0.2, 0) is 0 Å². The molecule has 0 unspecified atom stereocenters. The van der Waals surface area contributed by atoms with Gasteiger partial charge >= 0.3 is 0 Å². The van der Waals surface area contributed by atoms with Gasteiger partial charge < -0.3 is 10.2 Å². The molecule has 1 N–H and O–H groups in total. The highest BCUT2D eigenvalue weighted by Crippen LogP contribution is 2.14. The van der Waals surface area contributed by atoms with Gasteiger partial charge in [0.2, 0.25) is 0 Å². The van der Waals surface area contributed by atoms with E-state index in [-0.39, 0.29) is 0 Å². The number of nitrogens with zero attached hydrogens (tertiary/aromatic N) is 1. The van der Waals surface area contributed by atoms with Gasteiger partial charge in [0.05, 0.1) is 0 Å². The third kappa shape index (κ3) is 9.17. The maximum Gasteiger partial charge on any atom is 0.0104 e. The highest BCUT2D eigenvalue weighted by molar-refractivity contribution is 4.65. The van der Waals surface area contributed by atoms with E-state index in [1.54, 1.807) is 0 Å². The summed E-state index contributed by atoms with van der Waals surface area (Å²) in [5.74, 6) is 0.902. The average molecular weight is 228 g/mol. The van der Waals surface area contributed by atoms with Crippen LogP contribution in [0.15, 0.2) is 0 Å². The van der Waals surface area contributed by atoms with Crippen LogP contribution < -0.4 is 5.32 Å². The van der Waals surface area contributed by atoms with E-state index in [9.17, 15) is 0 Å². The van der Waals surface area contributed by atoms with Crippen molar-refractivity contribution in [3.8, 4) is 0 Å². The van der Waals surface area contributed by atoms with Crippen molar-refractivity contribution in [1.29, 1.82) is 0 Å². The van der Waals surface area contributed by atoms with Gasteiger partial charge in [0, 0.05) is 25.7 Å². The van der Waals surface area contributed by atoms with Gasteiger partial charge in [-0.15, -0.1) is 0 Å². The lowest BCUT2D eigenvalue weighted by Crippen LogP contribution is -2.35. The van der Waals surface area contributed by atoms with Gasteiger partial charge in [-0.2, -0.15) is 0 Å². The van der Waals surface area contributed by atoms with Gasteiger partial charge in [-0.1, -0.05) is 40.5 Å². The molecule has 0 bridgehead atoms. The highest BCUT2D eigenvalue weighted by atomic mass is 15.1. The molecule has 0 saturated carbocycles. The largest absolute Gasteiger partial charge is 0.313 e. The van der Waals surface area contributed by atoms with Gasteiger partial charge in [0.25, 0.3) is 0 Å². The smallest absolute Gasteiger partial charge is 0.0104 e. The van der Waals surface area contributed by atoms with Crippen LogP contribution in [0.4, 0.5) is 0 Å². The van der Waals surface area contributed by atoms with Crippen molar-refractivity contribution in [2.24, 2.45) is 5.92 Å². The Balaban J connectivity index is 3.67. The van der Waals surface area contributed by atoms with Gasteiger partial charge in [0.15, 0.2) is 0 Å². The number of hydrogen-bond donors (Lipinski definition) is 1. The molecule has 0 atom stereocenters. The van der Waals surface area contributed by atoms with Crippen LogP contribution >= 0.6 is 0 Å². The zero-order valence-corrected chi connectivity index (χ0v) is 12.1. The van der Waals surface area contributed by atoms with Crippen molar-refractivity contribution in [1.82, 2.24) is 10.2 Å². The van der Waals surface area contributed by atoms with Crippen molar-refractivity contribution in [2.75, 3.05) is 26.7 Å². The minimum atomic E-state index is 0.607. The second kappa shape index (κ2) is 10.1. The summed E-state index contributed by atoms with van der Waals surface area (Å²) < 4.78 is 0. The van der Waals surface area contributed by atoms with Crippen LogP contribution in [0.3, 0.4) is 0 Å². The van der Waals surface area contributed by atoms with Gasteiger partial charge in [-0.05, 0) is 25.8 Å². The second-order valence-electron chi connectivity index (χ2n) is 5.31. The van der Waals surface area contributed by atoms with Crippen molar-refractivity contribution >= 4 is 0 Å². The van der Waals surface area contributed by atoms with E-state index >= 15 is 0 Å². The van der Waals surface area contributed by atoms with Gasteiger partial charge in [-0.3, -0.25) is 0 Å². The molecule has 2 heteroatoms. The first-order valence-corrected chi connectivity index (χ1v) is 7.02. The van der Waals surface area contributed by atoms with Crippen LogP contribution in [0.2, 0.25) is 0 Å². The SMILES string of the molecule is CCCC(CCC)CN(C)CCNC(C)C. The third-order valence-electron chi connectivity index (χ3n) is 3.01. The van der Waals surface area contributed by atoms with E-state index in [1.165, 1.54) is 38.8 Å². The molecule has 0 heterocycles. The predicted octanol–water partition coefficient (Wildman–Crippen LogP) is 3.13. The topological polar surface area (TPSA) is 15.3 Å². The Morgan fingerprint density at radius 1 is 1.06 bits per heavy atom. The summed E-state index contributed by atoms with van der Waals surface area (Å²) in [5.41, 5.74) is 0. The molecule has 2 nitrogen and oxygen atoms in total. The molecule has 0 saturated heterocycles. The molecule has 0 aliphatic rings. The van der Waals surface area contributed by atoms with Crippen molar-refractivity contribution in [3.63, 3.8) is 0 Å². The molecule has 98 valence electrons. The first-order valence-electron chi connectivity index (χ1n) is 7.02. The van der Waals surface area contributed by atoms with Crippen molar-refractivity contribution in [2.45, 2.75) is 59.4 Å². The Morgan fingerprint density at radius 3 is 2.06 bits per heavy atom. The zero-order valence-electron chi connectivity index (χ0n) is 12.1. The Morgan fingerprint density at radius 2 is 1.62 bits per heavy atom. The summed E-state index contributed by atoms with van der Waals surface area (Å²) in [6, 6.07) is 0.607. The summed E-state index contributed by atoms with van der Waals surface area (Å²) in [4.78, 5) is 2.48. The van der Waals surface area contributed by atoms with Gasteiger partial charge in [-0.25, -0.2) is 0 Å².